The lowest BCUT2D eigenvalue weighted by Crippen LogP contribution is -2.74. The van der Waals surface area contributed by atoms with Gasteiger partial charge in [0, 0.05) is 27.1 Å². The van der Waals surface area contributed by atoms with Crippen LogP contribution in [-0.2, 0) is 35.0 Å². The van der Waals surface area contributed by atoms with Gasteiger partial charge in [-0.25, -0.2) is 0 Å². The molecule has 4 rings (SSSR count). The molecule has 6 nitrogen and oxygen atoms in total. The molecule has 1 saturated carbocycles. The van der Waals surface area contributed by atoms with E-state index in [9.17, 15) is 0 Å². The van der Waals surface area contributed by atoms with Gasteiger partial charge in [0.1, 0.15) is 23.7 Å². The fraction of sp³-hybridized carbons (Fsp3) is 0.778. The number of methoxy groups -OCH3 is 2. The van der Waals surface area contributed by atoms with Crippen LogP contribution in [0, 0.1) is 5.92 Å². The smallest absolute Gasteiger partial charge is 0.223 e. The van der Waals surface area contributed by atoms with Crippen molar-refractivity contribution in [3.05, 3.63) is 35.9 Å². The minimum atomic E-state index is -0.948. The predicted molar refractivity (Wildman–Crippen MR) is 134 cm³/mol. The highest BCUT2D eigenvalue weighted by Crippen LogP contribution is 2.52. The molecular formula is C27H42O6S. The minimum absolute atomic E-state index is 0.0863. The first-order chi connectivity index (χ1) is 16.5. The highest BCUT2D eigenvalue weighted by atomic mass is 32.2. The Kier molecular flexibility index (Phi) is 9.00. The molecule has 192 valence electrons. The van der Waals surface area contributed by atoms with Gasteiger partial charge in [-0.2, -0.15) is 0 Å². The fourth-order valence-electron chi connectivity index (χ4n) is 5.57. The number of thioether (sulfide) groups is 1. The molecule has 7 atom stereocenters. The first-order valence-electron chi connectivity index (χ1n) is 12.9. The monoisotopic (exact) mass is 494 g/mol. The maximum absolute atomic E-state index is 6.95. The minimum Gasteiger partial charge on any atom is -0.367 e. The lowest BCUT2D eigenvalue weighted by atomic mass is 9.83. The van der Waals surface area contributed by atoms with Gasteiger partial charge in [0.2, 0.25) is 11.6 Å². The summed E-state index contributed by atoms with van der Waals surface area (Å²) in [5.41, 5.74) is 0.992. The zero-order valence-corrected chi connectivity index (χ0v) is 22.2. The van der Waals surface area contributed by atoms with Crippen LogP contribution in [0.5, 0.6) is 0 Å². The van der Waals surface area contributed by atoms with Crippen molar-refractivity contribution < 1.29 is 28.4 Å². The number of ether oxygens (including phenoxy) is 6. The van der Waals surface area contributed by atoms with Gasteiger partial charge in [-0.3, -0.25) is 0 Å². The van der Waals surface area contributed by atoms with Crippen LogP contribution in [0.3, 0.4) is 0 Å². The van der Waals surface area contributed by atoms with Gasteiger partial charge < -0.3 is 28.4 Å². The molecule has 0 spiro atoms. The van der Waals surface area contributed by atoms with Crippen molar-refractivity contribution in [3.8, 4) is 0 Å². The van der Waals surface area contributed by atoms with Crippen LogP contribution < -0.4 is 0 Å². The molecule has 1 aromatic rings. The SMILES string of the molecule is CCS[C@H]1O[C@H](CCC(C)C)[C@H]2O[C@@]3(OC)CCCC[C@]3(OC)O[C@@H]2[C@@H]1OCc1ccccc1. The van der Waals surface area contributed by atoms with Crippen molar-refractivity contribution in [1.82, 2.24) is 0 Å². The van der Waals surface area contributed by atoms with Gasteiger partial charge in [-0.1, -0.05) is 51.1 Å². The van der Waals surface area contributed by atoms with Crippen molar-refractivity contribution in [1.29, 1.82) is 0 Å². The third-order valence-electron chi connectivity index (χ3n) is 7.39. The predicted octanol–water partition coefficient (Wildman–Crippen LogP) is 5.53. The second kappa shape index (κ2) is 11.6. The highest BCUT2D eigenvalue weighted by Gasteiger charge is 2.66. The molecular weight excluding hydrogens is 452 g/mol. The Labute approximate surface area is 209 Å². The summed E-state index contributed by atoms with van der Waals surface area (Å²) in [4.78, 5) is 0. The Morgan fingerprint density at radius 1 is 1.00 bits per heavy atom. The van der Waals surface area contributed by atoms with Crippen LogP contribution in [0.4, 0.5) is 0 Å². The van der Waals surface area contributed by atoms with E-state index in [4.69, 9.17) is 28.4 Å². The third-order valence-corrected chi connectivity index (χ3v) is 8.43. The van der Waals surface area contributed by atoms with E-state index in [-0.39, 0.29) is 29.9 Å². The molecule has 2 heterocycles. The number of hydrogen-bond acceptors (Lipinski definition) is 7. The summed E-state index contributed by atoms with van der Waals surface area (Å²) in [6.45, 7) is 7.14. The van der Waals surface area contributed by atoms with Gasteiger partial charge in [-0.15, -0.1) is 11.8 Å². The maximum Gasteiger partial charge on any atom is 0.223 e. The first-order valence-corrected chi connectivity index (χ1v) is 13.9. The van der Waals surface area contributed by atoms with Crippen molar-refractivity contribution >= 4 is 11.8 Å². The lowest BCUT2D eigenvalue weighted by molar-refractivity contribution is -0.489. The zero-order valence-electron chi connectivity index (χ0n) is 21.4. The summed E-state index contributed by atoms with van der Waals surface area (Å²) in [6, 6.07) is 10.3. The molecule has 2 saturated heterocycles. The molecule has 0 bridgehead atoms. The molecule has 7 heteroatoms. The van der Waals surface area contributed by atoms with E-state index in [1.54, 1.807) is 26.0 Å². The van der Waals surface area contributed by atoms with Gasteiger partial charge in [0.05, 0.1) is 12.7 Å². The molecule has 1 aromatic carbocycles. The highest BCUT2D eigenvalue weighted by molar-refractivity contribution is 7.99. The number of fused-ring (bicyclic) bond motifs is 2. The van der Waals surface area contributed by atoms with E-state index in [0.717, 1.165) is 49.8 Å². The lowest BCUT2D eigenvalue weighted by Gasteiger charge is -2.60. The Morgan fingerprint density at radius 3 is 2.24 bits per heavy atom. The summed E-state index contributed by atoms with van der Waals surface area (Å²) >= 11 is 1.78. The fourth-order valence-corrected chi connectivity index (χ4v) is 6.54. The van der Waals surface area contributed by atoms with Crippen molar-refractivity contribution in [2.24, 2.45) is 5.92 Å². The van der Waals surface area contributed by atoms with E-state index >= 15 is 0 Å². The molecule has 0 amide bonds. The van der Waals surface area contributed by atoms with Crippen molar-refractivity contribution in [3.63, 3.8) is 0 Å². The molecule has 0 N–H and O–H groups in total. The maximum atomic E-state index is 6.95. The van der Waals surface area contributed by atoms with E-state index < -0.39 is 11.6 Å². The normalized spacial score (nSPS) is 37.9. The van der Waals surface area contributed by atoms with E-state index in [2.05, 4.69) is 32.9 Å². The van der Waals surface area contributed by atoms with E-state index in [0.29, 0.717) is 12.5 Å². The summed E-state index contributed by atoms with van der Waals surface area (Å²) in [7, 11) is 3.41. The second-order valence-corrected chi connectivity index (χ2v) is 11.4. The molecule has 0 radical (unpaired) electrons. The van der Waals surface area contributed by atoms with Crippen LogP contribution in [-0.4, -0.2) is 61.4 Å². The van der Waals surface area contributed by atoms with E-state index in [1.807, 2.05) is 18.2 Å². The third kappa shape index (κ3) is 5.22. The standard InChI is InChI=1S/C27H42O6S/c1-6-34-25-24(30-18-20-12-8-7-9-13-20)23-22(21(31-25)15-14-19(2)3)32-26(28-4)16-10-11-17-27(26,29-5)33-23/h7-9,12-13,19,21-25H,6,10-11,14-18H2,1-5H3/t21-,22-,23+,24+,25-,26+,27+/m1/s1. The molecule has 2 aliphatic heterocycles. The summed E-state index contributed by atoms with van der Waals surface area (Å²) in [5.74, 6) is -0.366. The van der Waals surface area contributed by atoms with Gasteiger partial charge in [0.25, 0.3) is 0 Å². The quantitative estimate of drug-likeness (QED) is 0.424. The van der Waals surface area contributed by atoms with Crippen LogP contribution in [0.1, 0.15) is 64.9 Å². The van der Waals surface area contributed by atoms with Crippen LogP contribution >= 0.6 is 11.8 Å². The molecule has 0 unspecified atom stereocenters. The molecule has 3 fully saturated rings. The van der Waals surface area contributed by atoms with Crippen LogP contribution in [0.25, 0.3) is 0 Å². The average Bonchev–Trinajstić information content (AvgIpc) is 2.86. The largest absolute Gasteiger partial charge is 0.367 e. The second-order valence-electron chi connectivity index (χ2n) is 10.0. The van der Waals surface area contributed by atoms with Gasteiger partial charge >= 0.3 is 0 Å². The summed E-state index contributed by atoms with van der Waals surface area (Å²) < 4.78 is 39.3. The number of hydrogen-bond donors (Lipinski definition) is 0. The van der Waals surface area contributed by atoms with Crippen LogP contribution in [0.15, 0.2) is 30.3 Å². The Hall–Kier alpha value is -0.670. The number of rotatable bonds is 10. The Morgan fingerprint density at radius 2 is 1.65 bits per heavy atom. The van der Waals surface area contributed by atoms with Crippen molar-refractivity contribution in [2.75, 3.05) is 20.0 Å². The van der Waals surface area contributed by atoms with Gasteiger partial charge in [0.15, 0.2) is 0 Å². The molecule has 0 aromatic heterocycles. The van der Waals surface area contributed by atoms with Gasteiger partial charge in [-0.05, 0) is 42.9 Å². The Balaban J connectivity index is 1.66. The van der Waals surface area contributed by atoms with Crippen molar-refractivity contribution in [2.45, 2.75) is 107 Å². The first kappa shape index (κ1) is 26.4. The van der Waals surface area contributed by atoms with E-state index in [1.165, 1.54) is 0 Å². The average molecular weight is 495 g/mol. The summed E-state index contributed by atoms with van der Waals surface area (Å²) in [5, 5.41) is 0. The molecule has 3 aliphatic rings. The topological polar surface area (TPSA) is 55.4 Å². The zero-order chi connectivity index (χ0) is 24.2. The number of benzene rings is 1. The molecule has 34 heavy (non-hydrogen) atoms. The molecule has 1 aliphatic carbocycles. The van der Waals surface area contributed by atoms with Crippen LogP contribution in [0.2, 0.25) is 0 Å². The Bertz CT molecular complexity index is 763. The summed E-state index contributed by atoms with van der Waals surface area (Å²) in [6.07, 6.45) is 4.50.